The molecule has 180 valence electrons. The number of thiazole rings is 1. The fraction of sp³-hybridized carbons (Fsp3) is 0.480. The SMILES string of the molecule is COc1ccc(CN2CCc3c(c(C(=O)N(C)Cc4cscn4)nn3CC3CC3)C2)c(OC)c1. The Labute approximate surface area is 204 Å². The van der Waals surface area contributed by atoms with Gasteiger partial charge < -0.3 is 14.4 Å². The number of fused-ring (bicyclic) bond motifs is 1. The van der Waals surface area contributed by atoms with Gasteiger partial charge in [0.2, 0.25) is 0 Å². The van der Waals surface area contributed by atoms with Crippen LogP contribution < -0.4 is 9.47 Å². The van der Waals surface area contributed by atoms with Gasteiger partial charge in [0, 0.05) is 67.9 Å². The molecule has 0 saturated heterocycles. The average Bonchev–Trinajstić information content (AvgIpc) is 3.39. The van der Waals surface area contributed by atoms with Gasteiger partial charge in [-0.05, 0) is 24.8 Å². The van der Waals surface area contributed by atoms with Gasteiger partial charge in [-0.3, -0.25) is 14.4 Å². The summed E-state index contributed by atoms with van der Waals surface area (Å²) in [5.74, 6) is 2.25. The summed E-state index contributed by atoms with van der Waals surface area (Å²) < 4.78 is 13.1. The molecule has 0 bridgehead atoms. The van der Waals surface area contributed by atoms with Crippen molar-refractivity contribution in [3.8, 4) is 11.5 Å². The van der Waals surface area contributed by atoms with Gasteiger partial charge in [0.1, 0.15) is 11.5 Å². The first-order valence-corrected chi connectivity index (χ1v) is 12.6. The van der Waals surface area contributed by atoms with Crippen molar-refractivity contribution in [2.24, 2.45) is 5.92 Å². The second-order valence-electron chi connectivity index (χ2n) is 9.18. The zero-order valence-electron chi connectivity index (χ0n) is 20.0. The highest BCUT2D eigenvalue weighted by atomic mass is 32.1. The molecule has 8 nitrogen and oxygen atoms in total. The van der Waals surface area contributed by atoms with E-state index < -0.39 is 0 Å². The van der Waals surface area contributed by atoms with Gasteiger partial charge in [0.25, 0.3) is 5.91 Å². The standard InChI is InChI=1S/C25H31N5O3S/c1-28(13-19-15-34-16-26-19)25(31)24-21-14-29(9-8-22(21)30(27-24)11-17-4-5-17)12-18-6-7-20(32-2)10-23(18)33-3/h6-7,10,15-17H,4-5,8-9,11-14H2,1-3H3. The van der Waals surface area contributed by atoms with E-state index in [0.717, 1.165) is 54.4 Å². The Morgan fingerprint density at radius 2 is 2.12 bits per heavy atom. The molecule has 5 rings (SSSR count). The average molecular weight is 482 g/mol. The maximum Gasteiger partial charge on any atom is 0.274 e. The molecule has 2 aromatic heterocycles. The molecule has 0 atom stereocenters. The van der Waals surface area contributed by atoms with E-state index >= 15 is 0 Å². The highest BCUT2D eigenvalue weighted by Gasteiger charge is 2.32. The molecular weight excluding hydrogens is 450 g/mol. The summed E-state index contributed by atoms with van der Waals surface area (Å²) in [5, 5.41) is 6.84. The second kappa shape index (κ2) is 9.76. The van der Waals surface area contributed by atoms with E-state index in [1.165, 1.54) is 18.5 Å². The van der Waals surface area contributed by atoms with E-state index in [2.05, 4.69) is 20.6 Å². The summed E-state index contributed by atoms with van der Waals surface area (Å²) in [7, 11) is 5.17. The first-order chi connectivity index (χ1) is 16.6. The van der Waals surface area contributed by atoms with Crippen LogP contribution in [-0.4, -0.2) is 58.3 Å². The van der Waals surface area contributed by atoms with Crippen molar-refractivity contribution < 1.29 is 14.3 Å². The molecule has 0 N–H and O–H groups in total. The number of hydrogen-bond acceptors (Lipinski definition) is 7. The monoisotopic (exact) mass is 481 g/mol. The smallest absolute Gasteiger partial charge is 0.274 e. The van der Waals surface area contributed by atoms with Crippen LogP contribution in [-0.2, 0) is 32.6 Å². The van der Waals surface area contributed by atoms with Gasteiger partial charge in [-0.15, -0.1) is 11.3 Å². The van der Waals surface area contributed by atoms with E-state index in [9.17, 15) is 4.79 Å². The first kappa shape index (κ1) is 22.9. The predicted octanol–water partition coefficient (Wildman–Crippen LogP) is 3.60. The molecule has 1 amide bonds. The minimum Gasteiger partial charge on any atom is -0.497 e. The van der Waals surface area contributed by atoms with Crippen LogP contribution in [0, 0.1) is 5.92 Å². The Balaban J connectivity index is 1.39. The van der Waals surface area contributed by atoms with E-state index in [1.807, 2.05) is 24.6 Å². The van der Waals surface area contributed by atoms with Gasteiger partial charge in [0.05, 0.1) is 32.0 Å². The molecular formula is C25H31N5O3S. The van der Waals surface area contributed by atoms with Crippen molar-refractivity contribution in [3.05, 3.63) is 57.3 Å². The topological polar surface area (TPSA) is 72.7 Å². The zero-order chi connectivity index (χ0) is 23.7. The van der Waals surface area contributed by atoms with Crippen LogP contribution >= 0.6 is 11.3 Å². The highest BCUT2D eigenvalue weighted by Crippen LogP contribution is 2.34. The normalized spacial score (nSPS) is 15.7. The highest BCUT2D eigenvalue weighted by molar-refractivity contribution is 7.07. The summed E-state index contributed by atoms with van der Waals surface area (Å²) >= 11 is 1.54. The lowest BCUT2D eigenvalue weighted by Gasteiger charge is -2.28. The van der Waals surface area contributed by atoms with Crippen molar-refractivity contribution in [1.29, 1.82) is 0 Å². The van der Waals surface area contributed by atoms with E-state index in [0.29, 0.717) is 24.7 Å². The summed E-state index contributed by atoms with van der Waals surface area (Å²) in [6.07, 6.45) is 3.40. The van der Waals surface area contributed by atoms with Crippen molar-refractivity contribution in [2.45, 2.75) is 45.4 Å². The Hall–Kier alpha value is -2.91. The van der Waals surface area contributed by atoms with Crippen molar-refractivity contribution in [1.82, 2.24) is 24.6 Å². The van der Waals surface area contributed by atoms with Crippen LogP contribution in [0.2, 0.25) is 0 Å². The van der Waals surface area contributed by atoms with Gasteiger partial charge in [-0.2, -0.15) is 5.10 Å². The van der Waals surface area contributed by atoms with Crippen LogP contribution in [0.5, 0.6) is 11.5 Å². The van der Waals surface area contributed by atoms with Gasteiger partial charge in [-0.1, -0.05) is 6.07 Å². The Bertz CT molecular complexity index is 1160. The van der Waals surface area contributed by atoms with Gasteiger partial charge >= 0.3 is 0 Å². The summed E-state index contributed by atoms with van der Waals surface area (Å²) in [4.78, 5) is 21.9. The van der Waals surface area contributed by atoms with Crippen LogP contribution in [0.3, 0.4) is 0 Å². The fourth-order valence-corrected chi connectivity index (χ4v) is 5.13. The van der Waals surface area contributed by atoms with Crippen molar-refractivity contribution in [2.75, 3.05) is 27.8 Å². The van der Waals surface area contributed by atoms with Gasteiger partial charge in [-0.25, -0.2) is 4.98 Å². The Morgan fingerprint density at radius 1 is 1.26 bits per heavy atom. The molecule has 0 spiro atoms. The van der Waals surface area contributed by atoms with Crippen LogP contribution in [0.15, 0.2) is 29.1 Å². The third kappa shape index (κ3) is 4.81. The molecule has 9 heteroatoms. The van der Waals surface area contributed by atoms with Gasteiger partial charge in [0.15, 0.2) is 5.69 Å². The number of carbonyl (C=O) groups is 1. The minimum absolute atomic E-state index is 0.0392. The van der Waals surface area contributed by atoms with E-state index in [4.69, 9.17) is 14.6 Å². The molecule has 1 saturated carbocycles. The number of aromatic nitrogens is 3. The third-order valence-corrected chi connectivity index (χ3v) is 7.30. The summed E-state index contributed by atoms with van der Waals surface area (Å²) in [6, 6.07) is 5.93. The number of ether oxygens (including phenoxy) is 2. The molecule has 3 heterocycles. The molecule has 34 heavy (non-hydrogen) atoms. The lowest BCUT2D eigenvalue weighted by atomic mass is 10.0. The summed E-state index contributed by atoms with van der Waals surface area (Å²) in [5.41, 5.74) is 6.67. The molecule has 1 aliphatic heterocycles. The number of rotatable bonds is 9. The molecule has 2 aliphatic rings. The number of methoxy groups -OCH3 is 2. The molecule has 3 aromatic rings. The van der Waals surface area contributed by atoms with Crippen molar-refractivity contribution in [3.63, 3.8) is 0 Å². The Morgan fingerprint density at radius 3 is 2.82 bits per heavy atom. The Kier molecular flexibility index (Phi) is 6.56. The van der Waals surface area contributed by atoms with Crippen molar-refractivity contribution >= 4 is 17.2 Å². The fourth-order valence-electron chi connectivity index (χ4n) is 4.58. The number of benzene rings is 1. The quantitative estimate of drug-likeness (QED) is 0.465. The molecule has 1 aliphatic carbocycles. The number of amides is 1. The van der Waals surface area contributed by atoms with E-state index in [1.54, 1.807) is 36.0 Å². The maximum absolute atomic E-state index is 13.5. The first-order valence-electron chi connectivity index (χ1n) is 11.7. The van der Waals surface area contributed by atoms with Crippen LogP contribution in [0.1, 0.15) is 45.8 Å². The number of carbonyl (C=O) groups excluding carboxylic acids is 1. The lowest BCUT2D eigenvalue weighted by molar-refractivity contribution is 0.0774. The van der Waals surface area contributed by atoms with Crippen LogP contribution in [0.25, 0.3) is 0 Å². The number of hydrogen-bond donors (Lipinski definition) is 0. The maximum atomic E-state index is 13.5. The zero-order valence-corrected chi connectivity index (χ0v) is 20.8. The third-order valence-electron chi connectivity index (χ3n) is 6.66. The van der Waals surface area contributed by atoms with E-state index in [-0.39, 0.29) is 5.91 Å². The summed E-state index contributed by atoms with van der Waals surface area (Å²) in [6.45, 7) is 3.75. The minimum atomic E-state index is -0.0392. The predicted molar refractivity (Wildman–Crippen MR) is 130 cm³/mol. The second-order valence-corrected chi connectivity index (χ2v) is 9.90. The molecule has 1 aromatic carbocycles. The number of nitrogens with zero attached hydrogens (tertiary/aromatic N) is 5. The van der Waals surface area contributed by atoms with Crippen LogP contribution in [0.4, 0.5) is 0 Å². The lowest BCUT2D eigenvalue weighted by Crippen LogP contribution is -2.33. The molecule has 0 radical (unpaired) electrons. The molecule has 0 unspecified atom stereocenters. The molecule has 1 fully saturated rings. The largest absolute Gasteiger partial charge is 0.497 e.